The first-order chi connectivity index (χ1) is 8.99. The third-order valence-electron chi connectivity index (χ3n) is 2.69. The van der Waals surface area contributed by atoms with Crippen LogP contribution in [0.1, 0.15) is 11.3 Å². The molecule has 100 valence electrons. The lowest BCUT2D eigenvalue weighted by atomic mass is 10.2. The van der Waals surface area contributed by atoms with Crippen LogP contribution in [0.25, 0.3) is 0 Å². The molecule has 0 unspecified atom stereocenters. The van der Waals surface area contributed by atoms with Crippen molar-refractivity contribution in [3.05, 3.63) is 53.9 Å². The molecule has 0 aliphatic carbocycles. The van der Waals surface area contributed by atoms with Gasteiger partial charge in [-0.3, -0.25) is 4.98 Å². The van der Waals surface area contributed by atoms with E-state index in [-0.39, 0.29) is 17.2 Å². The fourth-order valence-corrected chi connectivity index (χ4v) is 2.56. The Kier molecular flexibility index (Phi) is 3.82. The standard InChI is InChI=1S/C13H14N2O3S/c1-10-3-2-8-14-13(10)9-15-19(17,18)12-6-4-11(16)5-7-12/h2-8,15-16H,9H2,1H3. The summed E-state index contributed by atoms with van der Waals surface area (Å²) in [6, 6.07) is 9.04. The summed E-state index contributed by atoms with van der Waals surface area (Å²) in [4.78, 5) is 4.23. The molecule has 19 heavy (non-hydrogen) atoms. The average molecular weight is 278 g/mol. The summed E-state index contributed by atoms with van der Waals surface area (Å²) >= 11 is 0. The third kappa shape index (κ3) is 3.30. The van der Waals surface area contributed by atoms with E-state index in [1.807, 2.05) is 13.0 Å². The van der Waals surface area contributed by atoms with Gasteiger partial charge in [0.25, 0.3) is 0 Å². The van der Waals surface area contributed by atoms with Crippen molar-refractivity contribution in [2.75, 3.05) is 0 Å². The first kappa shape index (κ1) is 13.5. The van der Waals surface area contributed by atoms with Crippen molar-refractivity contribution in [1.29, 1.82) is 0 Å². The zero-order valence-corrected chi connectivity index (χ0v) is 11.2. The molecule has 0 aliphatic rings. The van der Waals surface area contributed by atoms with Gasteiger partial charge in [0.2, 0.25) is 10.0 Å². The minimum Gasteiger partial charge on any atom is -0.508 e. The van der Waals surface area contributed by atoms with Gasteiger partial charge in [-0.25, -0.2) is 13.1 Å². The van der Waals surface area contributed by atoms with Gasteiger partial charge in [0.05, 0.1) is 17.1 Å². The highest BCUT2D eigenvalue weighted by atomic mass is 32.2. The van der Waals surface area contributed by atoms with Crippen molar-refractivity contribution in [3.63, 3.8) is 0 Å². The Bertz CT molecular complexity index is 667. The Balaban J connectivity index is 2.14. The number of nitrogens with one attached hydrogen (secondary N) is 1. The lowest BCUT2D eigenvalue weighted by Crippen LogP contribution is -2.24. The molecule has 2 aromatic rings. The number of phenols is 1. The Morgan fingerprint density at radius 2 is 1.89 bits per heavy atom. The van der Waals surface area contributed by atoms with Gasteiger partial charge < -0.3 is 5.11 Å². The van der Waals surface area contributed by atoms with E-state index < -0.39 is 10.0 Å². The Hall–Kier alpha value is -1.92. The van der Waals surface area contributed by atoms with Crippen molar-refractivity contribution < 1.29 is 13.5 Å². The SMILES string of the molecule is Cc1cccnc1CNS(=O)(=O)c1ccc(O)cc1. The fraction of sp³-hybridized carbons (Fsp3) is 0.154. The highest BCUT2D eigenvalue weighted by molar-refractivity contribution is 7.89. The van der Waals surface area contributed by atoms with E-state index in [2.05, 4.69) is 9.71 Å². The number of aromatic hydroxyl groups is 1. The van der Waals surface area contributed by atoms with E-state index in [1.54, 1.807) is 12.3 Å². The largest absolute Gasteiger partial charge is 0.508 e. The summed E-state index contributed by atoms with van der Waals surface area (Å²) < 4.78 is 26.5. The normalized spacial score (nSPS) is 11.4. The first-order valence-electron chi connectivity index (χ1n) is 5.68. The highest BCUT2D eigenvalue weighted by Crippen LogP contribution is 2.14. The molecule has 0 atom stereocenters. The quantitative estimate of drug-likeness (QED) is 0.889. The van der Waals surface area contributed by atoms with E-state index in [1.165, 1.54) is 24.3 Å². The zero-order valence-electron chi connectivity index (χ0n) is 10.4. The number of benzene rings is 1. The average Bonchev–Trinajstić information content (AvgIpc) is 2.38. The summed E-state index contributed by atoms with van der Waals surface area (Å²) in [6.45, 7) is 2.01. The van der Waals surface area contributed by atoms with Gasteiger partial charge in [0.15, 0.2) is 0 Å². The number of hydrogen-bond donors (Lipinski definition) is 2. The molecule has 5 nitrogen and oxygen atoms in total. The van der Waals surface area contributed by atoms with E-state index in [0.717, 1.165) is 5.56 Å². The predicted octanol–water partition coefficient (Wildman–Crippen LogP) is 1.57. The van der Waals surface area contributed by atoms with Gasteiger partial charge in [0, 0.05) is 6.20 Å². The van der Waals surface area contributed by atoms with Crippen LogP contribution in [0.15, 0.2) is 47.5 Å². The van der Waals surface area contributed by atoms with Crippen LogP contribution in [-0.2, 0) is 16.6 Å². The summed E-state index contributed by atoms with van der Waals surface area (Å²) in [5.74, 6) is 0.0273. The molecule has 1 aromatic carbocycles. The monoisotopic (exact) mass is 278 g/mol. The third-order valence-corrected chi connectivity index (χ3v) is 4.11. The maximum Gasteiger partial charge on any atom is 0.240 e. The molecule has 0 saturated carbocycles. The van der Waals surface area contributed by atoms with Crippen LogP contribution in [0.3, 0.4) is 0 Å². The highest BCUT2D eigenvalue weighted by Gasteiger charge is 2.14. The second-order valence-electron chi connectivity index (χ2n) is 4.09. The summed E-state index contributed by atoms with van der Waals surface area (Å²) in [5, 5.41) is 9.14. The lowest BCUT2D eigenvalue weighted by Gasteiger charge is -2.08. The molecule has 0 spiro atoms. The Morgan fingerprint density at radius 1 is 1.21 bits per heavy atom. The minimum absolute atomic E-state index is 0.0273. The zero-order chi connectivity index (χ0) is 13.9. The van der Waals surface area contributed by atoms with Gasteiger partial charge in [-0.1, -0.05) is 6.07 Å². The Morgan fingerprint density at radius 3 is 2.53 bits per heavy atom. The van der Waals surface area contributed by atoms with Crippen LogP contribution < -0.4 is 4.72 Å². The van der Waals surface area contributed by atoms with E-state index >= 15 is 0 Å². The molecule has 0 amide bonds. The number of hydrogen-bond acceptors (Lipinski definition) is 4. The van der Waals surface area contributed by atoms with Crippen molar-refractivity contribution in [3.8, 4) is 5.75 Å². The van der Waals surface area contributed by atoms with E-state index in [9.17, 15) is 8.42 Å². The fourth-order valence-electron chi connectivity index (χ4n) is 1.58. The smallest absolute Gasteiger partial charge is 0.240 e. The van der Waals surface area contributed by atoms with Gasteiger partial charge in [-0.05, 0) is 42.8 Å². The molecule has 0 radical (unpaired) electrons. The predicted molar refractivity (Wildman–Crippen MR) is 71.1 cm³/mol. The molecule has 2 N–H and O–H groups in total. The van der Waals surface area contributed by atoms with Crippen molar-refractivity contribution in [2.45, 2.75) is 18.4 Å². The van der Waals surface area contributed by atoms with Crippen molar-refractivity contribution in [2.24, 2.45) is 0 Å². The van der Waals surface area contributed by atoms with Gasteiger partial charge in [0.1, 0.15) is 5.75 Å². The van der Waals surface area contributed by atoms with Crippen LogP contribution in [0, 0.1) is 6.92 Å². The van der Waals surface area contributed by atoms with Crippen LogP contribution >= 0.6 is 0 Å². The first-order valence-corrected chi connectivity index (χ1v) is 7.16. The summed E-state index contributed by atoms with van der Waals surface area (Å²) in [6.07, 6.45) is 1.62. The summed E-state index contributed by atoms with van der Waals surface area (Å²) in [7, 11) is -3.59. The van der Waals surface area contributed by atoms with Crippen LogP contribution in [0.4, 0.5) is 0 Å². The maximum absolute atomic E-state index is 12.0. The molecule has 0 aliphatic heterocycles. The van der Waals surface area contributed by atoms with Crippen LogP contribution in [0.5, 0.6) is 5.75 Å². The number of aryl methyl sites for hydroxylation is 1. The maximum atomic E-state index is 12.0. The molecular weight excluding hydrogens is 264 g/mol. The number of nitrogens with zero attached hydrogens (tertiary/aromatic N) is 1. The number of aromatic nitrogens is 1. The molecular formula is C13H14N2O3S. The second kappa shape index (κ2) is 5.38. The topological polar surface area (TPSA) is 79.3 Å². The van der Waals surface area contributed by atoms with Crippen molar-refractivity contribution in [1.82, 2.24) is 9.71 Å². The molecule has 0 bridgehead atoms. The van der Waals surface area contributed by atoms with Gasteiger partial charge in [-0.2, -0.15) is 0 Å². The molecule has 6 heteroatoms. The minimum atomic E-state index is -3.59. The lowest BCUT2D eigenvalue weighted by molar-refractivity contribution is 0.474. The van der Waals surface area contributed by atoms with Crippen LogP contribution in [-0.4, -0.2) is 18.5 Å². The van der Waals surface area contributed by atoms with E-state index in [4.69, 9.17) is 5.11 Å². The van der Waals surface area contributed by atoms with E-state index in [0.29, 0.717) is 5.69 Å². The van der Waals surface area contributed by atoms with Crippen molar-refractivity contribution >= 4 is 10.0 Å². The molecule has 0 fully saturated rings. The summed E-state index contributed by atoms with van der Waals surface area (Å²) in [5.41, 5.74) is 1.61. The van der Waals surface area contributed by atoms with Gasteiger partial charge >= 0.3 is 0 Å². The molecule has 0 saturated heterocycles. The number of sulfonamides is 1. The van der Waals surface area contributed by atoms with Gasteiger partial charge in [-0.15, -0.1) is 0 Å². The number of phenolic OH excluding ortho intramolecular Hbond substituents is 1. The number of pyridine rings is 1. The second-order valence-corrected chi connectivity index (χ2v) is 5.85. The molecule has 1 heterocycles. The van der Waals surface area contributed by atoms with Crippen LogP contribution in [0.2, 0.25) is 0 Å². The number of rotatable bonds is 4. The molecule has 2 rings (SSSR count). The molecule has 1 aromatic heterocycles. The Labute approximate surface area is 112 Å².